The van der Waals surface area contributed by atoms with Gasteiger partial charge in [0.05, 0.1) is 0 Å². The molecular weight excluding hydrogens is 316 g/mol. The van der Waals surface area contributed by atoms with Crippen LogP contribution in [-0.2, 0) is 11.8 Å². The zero-order valence-electron chi connectivity index (χ0n) is 14.0. The Bertz CT molecular complexity index is 913. The number of rotatable bonds is 4. The molecule has 1 aromatic heterocycles. The van der Waals surface area contributed by atoms with E-state index in [1.807, 2.05) is 42.1 Å². The molecule has 126 valence electrons. The predicted octanol–water partition coefficient (Wildman–Crippen LogP) is 3.30. The summed E-state index contributed by atoms with van der Waals surface area (Å²) in [5, 5.41) is 5.55. The van der Waals surface area contributed by atoms with Gasteiger partial charge in [0.1, 0.15) is 5.82 Å². The molecule has 0 spiro atoms. The van der Waals surface area contributed by atoms with Crippen molar-refractivity contribution < 1.29 is 9.59 Å². The highest BCUT2D eigenvalue weighted by molar-refractivity contribution is 6.04. The summed E-state index contributed by atoms with van der Waals surface area (Å²) in [5.74, 6) is 0.463. The number of nitrogens with one attached hydrogen (secondary N) is 2. The normalized spacial score (nSPS) is 10.3. The number of hydrogen-bond acceptors (Lipinski definition) is 3. The van der Waals surface area contributed by atoms with Crippen molar-refractivity contribution in [2.45, 2.75) is 6.92 Å². The van der Waals surface area contributed by atoms with E-state index in [0.717, 1.165) is 11.4 Å². The topological polar surface area (TPSA) is 76.0 Å². The zero-order valence-corrected chi connectivity index (χ0v) is 14.0. The van der Waals surface area contributed by atoms with E-state index in [1.54, 1.807) is 30.5 Å². The van der Waals surface area contributed by atoms with Gasteiger partial charge in [-0.25, -0.2) is 4.98 Å². The molecule has 0 atom stereocenters. The van der Waals surface area contributed by atoms with E-state index in [-0.39, 0.29) is 11.8 Å². The molecule has 0 radical (unpaired) electrons. The molecule has 0 aliphatic rings. The van der Waals surface area contributed by atoms with E-state index in [4.69, 9.17) is 0 Å². The summed E-state index contributed by atoms with van der Waals surface area (Å²) in [6.07, 6.45) is 3.61. The van der Waals surface area contributed by atoms with Crippen LogP contribution in [-0.4, -0.2) is 21.4 Å². The molecule has 6 heteroatoms. The van der Waals surface area contributed by atoms with Crippen molar-refractivity contribution in [1.82, 2.24) is 9.55 Å². The third-order valence-corrected chi connectivity index (χ3v) is 3.67. The van der Waals surface area contributed by atoms with Crippen LogP contribution in [0.4, 0.5) is 11.4 Å². The first-order valence-electron chi connectivity index (χ1n) is 7.80. The minimum Gasteiger partial charge on any atom is -0.334 e. The third-order valence-electron chi connectivity index (χ3n) is 3.67. The van der Waals surface area contributed by atoms with E-state index in [0.29, 0.717) is 16.9 Å². The Balaban J connectivity index is 1.75. The van der Waals surface area contributed by atoms with Gasteiger partial charge in [-0.2, -0.15) is 0 Å². The van der Waals surface area contributed by atoms with Gasteiger partial charge in [0.25, 0.3) is 5.91 Å². The summed E-state index contributed by atoms with van der Waals surface area (Å²) >= 11 is 0. The van der Waals surface area contributed by atoms with Crippen molar-refractivity contribution >= 4 is 23.2 Å². The second-order valence-electron chi connectivity index (χ2n) is 5.66. The molecule has 1 heterocycles. The highest BCUT2D eigenvalue weighted by Crippen LogP contribution is 2.21. The quantitative estimate of drug-likeness (QED) is 0.768. The monoisotopic (exact) mass is 334 g/mol. The van der Waals surface area contributed by atoms with Gasteiger partial charge in [0.15, 0.2) is 0 Å². The smallest absolute Gasteiger partial charge is 0.255 e. The molecule has 0 unspecified atom stereocenters. The Hall–Kier alpha value is -3.41. The van der Waals surface area contributed by atoms with Crippen LogP contribution in [0.3, 0.4) is 0 Å². The Morgan fingerprint density at radius 2 is 1.76 bits per heavy atom. The molecule has 6 nitrogen and oxygen atoms in total. The number of anilines is 2. The molecular formula is C19H18N4O2. The summed E-state index contributed by atoms with van der Waals surface area (Å²) in [5.41, 5.74) is 2.78. The number of aromatic nitrogens is 2. The van der Waals surface area contributed by atoms with Gasteiger partial charge in [-0.15, -0.1) is 0 Å². The lowest BCUT2D eigenvalue weighted by Gasteiger charge is -2.08. The van der Waals surface area contributed by atoms with E-state index < -0.39 is 0 Å². The molecule has 0 aliphatic heterocycles. The molecule has 0 saturated heterocycles. The first-order valence-corrected chi connectivity index (χ1v) is 7.80. The molecule has 3 aromatic rings. The predicted molar refractivity (Wildman–Crippen MR) is 97.3 cm³/mol. The van der Waals surface area contributed by atoms with Gasteiger partial charge < -0.3 is 15.2 Å². The lowest BCUT2D eigenvalue weighted by Crippen LogP contribution is -2.12. The minimum atomic E-state index is -0.216. The van der Waals surface area contributed by atoms with Crippen molar-refractivity contribution in [3.05, 3.63) is 66.5 Å². The number of carbonyl (C=O) groups is 2. The summed E-state index contributed by atoms with van der Waals surface area (Å²) in [6.45, 7) is 1.44. The van der Waals surface area contributed by atoms with Crippen molar-refractivity contribution in [3.8, 4) is 11.4 Å². The molecule has 2 amide bonds. The molecule has 0 saturated carbocycles. The van der Waals surface area contributed by atoms with Gasteiger partial charge >= 0.3 is 0 Å². The van der Waals surface area contributed by atoms with E-state index in [2.05, 4.69) is 15.6 Å². The fourth-order valence-electron chi connectivity index (χ4n) is 2.49. The molecule has 2 N–H and O–H groups in total. The molecule has 0 bridgehead atoms. The lowest BCUT2D eigenvalue weighted by atomic mass is 10.1. The number of imidazole rings is 1. The molecule has 0 aliphatic carbocycles. The van der Waals surface area contributed by atoms with E-state index >= 15 is 0 Å². The van der Waals surface area contributed by atoms with E-state index in [1.165, 1.54) is 6.92 Å². The summed E-state index contributed by atoms with van der Waals surface area (Å²) in [6, 6.07) is 14.3. The van der Waals surface area contributed by atoms with Crippen LogP contribution in [0, 0.1) is 0 Å². The van der Waals surface area contributed by atoms with Gasteiger partial charge in [-0.1, -0.05) is 12.1 Å². The fourth-order valence-corrected chi connectivity index (χ4v) is 2.49. The van der Waals surface area contributed by atoms with Crippen molar-refractivity contribution in [2.24, 2.45) is 7.05 Å². The maximum absolute atomic E-state index is 12.4. The Labute approximate surface area is 145 Å². The largest absolute Gasteiger partial charge is 0.334 e. The fraction of sp³-hybridized carbons (Fsp3) is 0.105. The Morgan fingerprint density at radius 3 is 2.40 bits per heavy atom. The minimum absolute atomic E-state index is 0.150. The van der Waals surface area contributed by atoms with Gasteiger partial charge in [0.2, 0.25) is 5.91 Å². The van der Waals surface area contributed by atoms with Gasteiger partial charge in [-0.3, -0.25) is 9.59 Å². The second-order valence-corrected chi connectivity index (χ2v) is 5.66. The molecule has 0 fully saturated rings. The molecule has 3 rings (SSSR count). The molecule has 25 heavy (non-hydrogen) atoms. The second kappa shape index (κ2) is 7.00. The lowest BCUT2D eigenvalue weighted by molar-refractivity contribution is -0.114. The van der Waals surface area contributed by atoms with Crippen LogP contribution < -0.4 is 10.6 Å². The number of benzene rings is 2. The van der Waals surface area contributed by atoms with Gasteiger partial charge in [0, 0.05) is 48.9 Å². The number of carbonyl (C=O) groups excluding carboxylic acids is 2. The average molecular weight is 334 g/mol. The Morgan fingerprint density at radius 1 is 1.00 bits per heavy atom. The summed E-state index contributed by atoms with van der Waals surface area (Å²) in [7, 11) is 1.92. The number of hydrogen-bond donors (Lipinski definition) is 2. The number of nitrogens with zero attached hydrogens (tertiary/aromatic N) is 2. The average Bonchev–Trinajstić information content (AvgIpc) is 3.01. The Kier molecular flexibility index (Phi) is 4.61. The van der Waals surface area contributed by atoms with Gasteiger partial charge in [-0.05, 0) is 36.4 Å². The highest BCUT2D eigenvalue weighted by Gasteiger charge is 2.09. The number of aryl methyl sites for hydroxylation is 1. The third kappa shape index (κ3) is 3.92. The zero-order chi connectivity index (χ0) is 17.8. The molecule has 2 aromatic carbocycles. The van der Waals surface area contributed by atoms with Crippen molar-refractivity contribution in [2.75, 3.05) is 10.6 Å². The highest BCUT2D eigenvalue weighted by atomic mass is 16.2. The van der Waals surface area contributed by atoms with E-state index in [9.17, 15) is 9.59 Å². The van der Waals surface area contributed by atoms with Crippen LogP contribution in [0.15, 0.2) is 60.9 Å². The van der Waals surface area contributed by atoms with Crippen LogP contribution in [0.25, 0.3) is 11.4 Å². The summed E-state index contributed by atoms with van der Waals surface area (Å²) in [4.78, 5) is 27.7. The van der Waals surface area contributed by atoms with Crippen LogP contribution in [0.2, 0.25) is 0 Å². The maximum atomic E-state index is 12.4. The SMILES string of the molecule is CC(=O)Nc1ccc(C(=O)Nc2cccc(-c3nccn3C)c2)cc1. The standard InChI is InChI=1S/C19H18N4O2/c1-13(24)21-16-8-6-14(7-9-16)19(25)22-17-5-3-4-15(12-17)18-20-10-11-23(18)2/h3-12H,1-2H3,(H,21,24)(H,22,25). The van der Waals surface area contributed by atoms with Crippen LogP contribution >= 0.6 is 0 Å². The first kappa shape index (κ1) is 16.4. The first-order chi connectivity index (χ1) is 12.0. The van der Waals surface area contributed by atoms with Crippen LogP contribution in [0.5, 0.6) is 0 Å². The number of amides is 2. The summed E-state index contributed by atoms with van der Waals surface area (Å²) < 4.78 is 1.92. The van der Waals surface area contributed by atoms with Crippen molar-refractivity contribution in [3.63, 3.8) is 0 Å². The maximum Gasteiger partial charge on any atom is 0.255 e. The van der Waals surface area contributed by atoms with Crippen LogP contribution in [0.1, 0.15) is 17.3 Å². The van der Waals surface area contributed by atoms with Crippen molar-refractivity contribution in [1.29, 1.82) is 0 Å².